The van der Waals surface area contributed by atoms with Gasteiger partial charge < -0.3 is 9.84 Å². The van der Waals surface area contributed by atoms with Crippen molar-refractivity contribution in [3.63, 3.8) is 0 Å². The molecule has 0 fully saturated rings. The van der Waals surface area contributed by atoms with Gasteiger partial charge in [0.25, 0.3) is 0 Å². The molecule has 2 aromatic carbocycles. The van der Waals surface area contributed by atoms with Crippen LogP contribution in [0.1, 0.15) is 26.3 Å². The zero-order chi connectivity index (χ0) is 20.2. The Labute approximate surface area is 170 Å². The van der Waals surface area contributed by atoms with Crippen LogP contribution < -0.4 is 4.74 Å². The van der Waals surface area contributed by atoms with E-state index < -0.39 is 16.1 Å². The summed E-state index contributed by atoms with van der Waals surface area (Å²) in [5, 5.41) is 10.2. The number of rotatable bonds is 7. The first-order valence-corrected chi connectivity index (χ1v) is 10.9. The van der Waals surface area contributed by atoms with Crippen molar-refractivity contribution in [2.24, 2.45) is 0 Å². The molecule has 0 radical (unpaired) electrons. The van der Waals surface area contributed by atoms with E-state index in [9.17, 15) is 13.5 Å². The number of aliphatic hydroxyl groups excluding tert-OH is 1. The molecular weight excluding hydrogens is 430 g/mol. The van der Waals surface area contributed by atoms with Crippen LogP contribution in [0.5, 0.6) is 5.75 Å². The Morgan fingerprint density at radius 2 is 1.63 bits per heavy atom. The van der Waals surface area contributed by atoms with E-state index in [2.05, 4.69) is 36.7 Å². The third-order valence-corrected chi connectivity index (χ3v) is 6.52. The predicted octanol–water partition coefficient (Wildman–Crippen LogP) is 3.81. The van der Waals surface area contributed by atoms with Crippen LogP contribution in [0.3, 0.4) is 0 Å². The second-order valence-electron chi connectivity index (χ2n) is 7.48. The van der Waals surface area contributed by atoms with Crippen molar-refractivity contribution in [1.29, 1.82) is 0 Å². The van der Waals surface area contributed by atoms with Gasteiger partial charge in [-0.05, 0) is 47.4 Å². The largest absolute Gasteiger partial charge is 0.491 e. The lowest BCUT2D eigenvalue weighted by atomic mass is 9.87. The summed E-state index contributed by atoms with van der Waals surface area (Å²) in [6.45, 7) is 6.35. The Bertz CT molecular complexity index is 843. The van der Waals surface area contributed by atoms with Crippen LogP contribution in [0.2, 0.25) is 0 Å². The van der Waals surface area contributed by atoms with Gasteiger partial charge in [0.1, 0.15) is 18.5 Å². The summed E-state index contributed by atoms with van der Waals surface area (Å²) in [4.78, 5) is 0.180. The first-order valence-electron chi connectivity index (χ1n) is 8.63. The maximum atomic E-state index is 12.5. The van der Waals surface area contributed by atoms with E-state index in [1.165, 1.54) is 24.7 Å². The first-order chi connectivity index (χ1) is 12.5. The lowest BCUT2D eigenvalue weighted by Crippen LogP contribution is -2.37. The molecule has 1 N–H and O–H groups in total. The highest BCUT2D eigenvalue weighted by molar-refractivity contribution is 9.10. The third kappa shape index (κ3) is 6.04. The van der Waals surface area contributed by atoms with Crippen LogP contribution in [0.4, 0.5) is 0 Å². The molecule has 0 aliphatic carbocycles. The third-order valence-electron chi connectivity index (χ3n) is 4.15. The van der Waals surface area contributed by atoms with E-state index in [4.69, 9.17) is 4.74 Å². The van der Waals surface area contributed by atoms with E-state index in [1.54, 1.807) is 12.1 Å². The average Bonchev–Trinajstić information content (AvgIpc) is 2.60. The molecule has 0 bridgehead atoms. The van der Waals surface area contributed by atoms with E-state index >= 15 is 0 Å². The van der Waals surface area contributed by atoms with Crippen LogP contribution in [-0.2, 0) is 15.4 Å². The molecule has 27 heavy (non-hydrogen) atoms. The predicted molar refractivity (Wildman–Crippen MR) is 111 cm³/mol. The Morgan fingerprint density at radius 1 is 1.07 bits per heavy atom. The number of hydrogen-bond acceptors (Lipinski definition) is 4. The van der Waals surface area contributed by atoms with Crippen molar-refractivity contribution in [2.75, 3.05) is 20.2 Å². The van der Waals surface area contributed by atoms with Gasteiger partial charge >= 0.3 is 0 Å². The summed E-state index contributed by atoms with van der Waals surface area (Å²) < 4.78 is 32.6. The monoisotopic (exact) mass is 455 g/mol. The van der Waals surface area contributed by atoms with Crippen molar-refractivity contribution in [2.45, 2.75) is 37.2 Å². The molecule has 0 aromatic heterocycles. The van der Waals surface area contributed by atoms with Gasteiger partial charge in [0.15, 0.2) is 0 Å². The Morgan fingerprint density at radius 3 is 2.15 bits per heavy atom. The van der Waals surface area contributed by atoms with Gasteiger partial charge in [-0.3, -0.25) is 0 Å². The molecular formula is C20H26BrNO4S. The zero-order valence-corrected chi connectivity index (χ0v) is 18.4. The van der Waals surface area contributed by atoms with Gasteiger partial charge in [-0.15, -0.1) is 0 Å². The molecule has 0 saturated heterocycles. The van der Waals surface area contributed by atoms with Crippen molar-refractivity contribution in [1.82, 2.24) is 4.31 Å². The highest BCUT2D eigenvalue weighted by atomic mass is 79.9. The molecule has 0 spiro atoms. The Hall–Kier alpha value is -1.41. The minimum atomic E-state index is -3.66. The van der Waals surface area contributed by atoms with Crippen molar-refractivity contribution in [3.05, 3.63) is 58.6 Å². The maximum absolute atomic E-state index is 12.5. The number of benzene rings is 2. The second-order valence-corrected chi connectivity index (χ2v) is 10.4. The number of halogens is 1. The minimum Gasteiger partial charge on any atom is -0.491 e. The molecule has 1 atom stereocenters. The van der Waals surface area contributed by atoms with Crippen LogP contribution in [0, 0.1) is 0 Å². The van der Waals surface area contributed by atoms with Crippen LogP contribution >= 0.6 is 15.9 Å². The molecule has 0 saturated carbocycles. The first kappa shape index (κ1) is 21.9. The maximum Gasteiger partial charge on any atom is 0.242 e. The number of hydrogen-bond donors (Lipinski definition) is 1. The topological polar surface area (TPSA) is 66.8 Å². The summed E-state index contributed by atoms with van der Waals surface area (Å²) in [6, 6.07) is 14.1. The van der Waals surface area contributed by atoms with Gasteiger partial charge in [-0.1, -0.05) is 48.8 Å². The lowest BCUT2D eigenvalue weighted by Gasteiger charge is -2.21. The fourth-order valence-corrected chi connectivity index (χ4v) is 3.95. The molecule has 0 amide bonds. The van der Waals surface area contributed by atoms with E-state index in [-0.39, 0.29) is 23.5 Å². The number of nitrogens with zero attached hydrogens (tertiary/aromatic N) is 1. The highest BCUT2D eigenvalue weighted by Gasteiger charge is 2.23. The molecule has 2 rings (SSSR count). The van der Waals surface area contributed by atoms with Gasteiger partial charge in [-0.25, -0.2) is 8.42 Å². The molecule has 0 heterocycles. The lowest BCUT2D eigenvalue weighted by molar-refractivity contribution is 0.0935. The van der Waals surface area contributed by atoms with Crippen LogP contribution in [-0.4, -0.2) is 44.1 Å². The molecule has 0 aliphatic rings. The summed E-state index contributed by atoms with van der Waals surface area (Å²) >= 11 is 3.28. The smallest absolute Gasteiger partial charge is 0.242 e. The van der Waals surface area contributed by atoms with Crippen molar-refractivity contribution < 1.29 is 18.3 Å². The molecule has 5 nitrogen and oxygen atoms in total. The molecule has 0 aliphatic heterocycles. The van der Waals surface area contributed by atoms with E-state index in [1.807, 2.05) is 24.3 Å². The zero-order valence-electron chi connectivity index (χ0n) is 16.0. The highest BCUT2D eigenvalue weighted by Crippen LogP contribution is 2.24. The number of likely N-dealkylation sites (N-methyl/N-ethyl adjacent to an activating group) is 1. The van der Waals surface area contributed by atoms with Gasteiger partial charge in [0.05, 0.1) is 4.90 Å². The van der Waals surface area contributed by atoms with E-state index in [0.29, 0.717) is 5.75 Å². The summed E-state index contributed by atoms with van der Waals surface area (Å²) in [6.07, 6.45) is -0.942. The van der Waals surface area contributed by atoms with Crippen LogP contribution in [0.15, 0.2) is 57.9 Å². The molecule has 148 valence electrons. The number of sulfonamides is 1. The minimum absolute atomic E-state index is 0.00899. The van der Waals surface area contributed by atoms with Gasteiger partial charge in [0, 0.05) is 18.1 Å². The van der Waals surface area contributed by atoms with Crippen LogP contribution in [0.25, 0.3) is 0 Å². The van der Waals surface area contributed by atoms with Crippen molar-refractivity contribution in [3.8, 4) is 5.75 Å². The summed E-state index contributed by atoms with van der Waals surface area (Å²) in [7, 11) is -2.22. The SMILES string of the molecule is CN(CC(O)COc1ccc(C(C)(C)C)cc1)S(=O)(=O)c1ccc(Br)cc1. The van der Waals surface area contributed by atoms with Gasteiger partial charge in [-0.2, -0.15) is 4.31 Å². The standard InChI is InChI=1S/C20H26BrNO4S/c1-20(2,3)15-5-9-18(10-6-15)26-14-17(23)13-22(4)27(24,25)19-11-7-16(21)8-12-19/h5-12,17,23H,13-14H2,1-4H3. The average molecular weight is 456 g/mol. The van der Waals surface area contributed by atoms with E-state index in [0.717, 1.165) is 8.78 Å². The second kappa shape index (κ2) is 8.73. The fourth-order valence-electron chi connectivity index (χ4n) is 2.48. The quantitative estimate of drug-likeness (QED) is 0.688. The normalized spacial score (nSPS) is 13.6. The fraction of sp³-hybridized carbons (Fsp3) is 0.400. The Balaban J connectivity index is 1.93. The number of aliphatic hydroxyl groups is 1. The Kier molecular flexibility index (Phi) is 7.08. The molecule has 7 heteroatoms. The molecule has 2 aromatic rings. The summed E-state index contributed by atoms with van der Waals surface area (Å²) in [5.74, 6) is 0.639. The summed E-state index contributed by atoms with van der Waals surface area (Å²) in [5.41, 5.74) is 1.25. The molecule has 1 unspecified atom stereocenters. The number of ether oxygens (including phenoxy) is 1. The van der Waals surface area contributed by atoms with Crippen molar-refractivity contribution >= 4 is 26.0 Å². The van der Waals surface area contributed by atoms with Gasteiger partial charge in [0.2, 0.25) is 10.0 Å².